The highest BCUT2D eigenvalue weighted by atomic mass is 35.5. The van der Waals surface area contributed by atoms with Crippen LogP contribution in [0.25, 0.3) is 17.3 Å². The summed E-state index contributed by atoms with van der Waals surface area (Å²) in [5.41, 5.74) is 1.91. The lowest BCUT2D eigenvalue weighted by molar-refractivity contribution is -0.112. The monoisotopic (exact) mass is 400 g/mol. The van der Waals surface area contributed by atoms with E-state index in [1.165, 1.54) is 30.5 Å². The molecule has 0 spiro atoms. The minimum atomic E-state index is -0.632. The van der Waals surface area contributed by atoms with Crippen LogP contribution in [0.3, 0.4) is 0 Å². The van der Waals surface area contributed by atoms with Gasteiger partial charge in [-0.2, -0.15) is 10.4 Å². The van der Waals surface area contributed by atoms with Crippen LogP contribution in [-0.4, -0.2) is 16.1 Å². The number of carbonyl (C=O) groups excluding carboxylic acids is 1. The molecule has 0 atom stereocenters. The molecule has 3 rings (SSSR count). The zero-order valence-corrected chi connectivity index (χ0v) is 15.1. The highest BCUT2D eigenvalue weighted by molar-refractivity contribution is 6.36. The van der Waals surface area contributed by atoms with Crippen molar-refractivity contribution in [3.63, 3.8) is 0 Å². The number of benzene rings is 2. The number of amides is 1. The molecule has 0 radical (unpaired) electrons. The number of nitrogens with one attached hydrogen (secondary N) is 2. The van der Waals surface area contributed by atoms with Crippen molar-refractivity contribution in [1.82, 2.24) is 10.2 Å². The summed E-state index contributed by atoms with van der Waals surface area (Å²) in [4.78, 5) is 12.4. The summed E-state index contributed by atoms with van der Waals surface area (Å²) in [6, 6.07) is 12.2. The summed E-state index contributed by atoms with van der Waals surface area (Å²) >= 11 is 11.9. The van der Waals surface area contributed by atoms with Crippen LogP contribution in [0.15, 0.2) is 54.2 Å². The molecule has 0 bridgehead atoms. The van der Waals surface area contributed by atoms with Gasteiger partial charge in [-0.05, 0) is 48.5 Å². The molecule has 0 unspecified atom stereocenters. The molecule has 0 aliphatic heterocycles. The summed E-state index contributed by atoms with van der Waals surface area (Å²) in [5, 5.41) is 19.3. The molecule has 27 heavy (non-hydrogen) atoms. The van der Waals surface area contributed by atoms with Crippen molar-refractivity contribution in [3.8, 4) is 17.3 Å². The van der Waals surface area contributed by atoms with Gasteiger partial charge in [0.25, 0.3) is 5.91 Å². The first-order chi connectivity index (χ1) is 13.0. The normalized spacial score (nSPS) is 11.1. The largest absolute Gasteiger partial charge is 0.320 e. The Bertz CT molecular complexity index is 1070. The van der Waals surface area contributed by atoms with Gasteiger partial charge in [0.15, 0.2) is 0 Å². The van der Waals surface area contributed by atoms with Gasteiger partial charge in [0.05, 0.1) is 22.6 Å². The molecular weight excluding hydrogens is 390 g/mol. The second kappa shape index (κ2) is 8.04. The average molecular weight is 401 g/mol. The molecule has 1 amide bonds. The minimum Gasteiger partial charge on any atom is -0.320 e. The molecule has 5 nitrogen and oxygen atoms in total. The predicted octanol–water partition coefficient (Wildman–Crippen LogP) is 5.07. The van der Waals surface area contributed by atoms with Crippen LogP contribution in [0, 0.1) is 17.1 Å². The van der Waals surface area contributed by atoms with Gasteiger partial charge in [0, 0.05) is 16.1 Å². The number of aromatic amines is 1. The van der Waals surface area contributed by atoms with Gasteiger partial charge in [-0.3, -0.25) is 9.89 Å². The summed E-state index contributed by atoms with van der Waals surface area (Å²) in [6.07, 6.45) is 2.86. The lowest BCUT2D eigenvalue weighted by Crippen LogP contribution is -2.13. The standard InChI is InChI=1S/C19H11Cl2FN4O/c20-14-3-6-17(16(21)8-14)25-19(27)12(9-23)7-13-10-24-26-18(13)11-1-4-15(22)5-2-11/h1-8,10H,(H,24,26)(H,25,27)/b12-7-. The van der Waals surface area contributed by atoms with E-state index in [0.717, 1.165) is 0 Å². The van der Waals surface area contributed by atoms with Crippen LogP contribution in [0.5, 0.6) is 0 Å². The summed E-state index contributed by atoms with van der Waals surface area (Å²) in [7, 11) is 0. The third-order valence-electron chi connectivity index (χ3n) is 3.65. The zero-order valence-electron chi connectivity index (χ0n) is 13.6. The molecule has 0 saturated heterocycles. The molecule has 8 heteroatoms. The van der Waals surface area contributed by atoms with Crippen molar-refractivity contribution in [2.45, 2.75) is 0 Å². The number of hydrogen-bond donors (Lipinski definition) is 2. The third-order valence-corrected chi connectivity index (χ3v) is 4.19. The second-order valence-electron chi connectivity index (χ2n) is 5.46. The summed E-state index contributed by atoms with van der Waals surface area (Å²) < 4.78 is 13.1. The van der Waals surface area contributed by atoms with E-state index in [0.29, 0.717) is 27.5 Å². The van der Waals surface area contributed by atoms with E-state index in [-0.39, 0.29) is 16.4 Å². The maximum absolute atomic E-state index is 13.1. The summed E-state index contributed by atoms with van der Waals surface area (Å²) in [6.45, 7) is 0. The Morgan fingerprint density at radius 2 is 1.96 bits per heavy atom. The van der Waals surface area contributed by atoms with Crippen LogP contribution in [-0.2, 0) is 4.79 Å². The molecule has 0 aliphatic carbocycles. The number of nitrogens with zero attached hydrogens (tertiary/aromatic N) is 2. The van der Waals surface area contributed by atoms with E-state index >= 15 is 0 Å². The number of H-pyrrole nitrogens is 1. The molecule has 134 valence electrons. The Balaban J connectivity index is 1.89. The van der Waals surface area contributed by atoms with Gasteiger partial charge in [0.1, 0.15) is 17.5 Å². The molecular formula is C19H11Cl2FN4O. The number of carbonyl (C=O) groups is 1. The second-order valence-corrected chi connectivity index (χ2v) is 6.30. The van der Waals surface area contributed by atoms with Gasteiger partial charge in [-0.1, -0.05) is 23.2 Å². The smallest absolute Gasteiger partial charge is 0.266 e. The first-order valence-electron chi connectivity index (χ1n) is 7.65. The molecule has 1 heterocycles. The highest BCUT2D eigenvalue weighted by Gasteiger charge is 2.14. The van der Waals surface area contributed by atoms with Crippen molar-refractivity contribution >= 4 is 40.9 Å². The average Bonchev–Trinajstić information content (AvgIpc) is 3.10. The maximum Gasteiger partial charge on any atom is 0.266 e. The molecule has 0 saturated carbocycles. The van der Waals surface area contributed by atoms with Crippen molar-refractivity contribution in [3.05, 3.63) is 75.7 Å². The van der Waals surface area contributed by atoms with Crippen molar-refractivity contribution in [1.29, 1.82) is 5.26 Å². The van der Waals surface area contributed by atoms with Gasteiger partial charge in [0.2, 0.25) is 0 Å². The first-order valence-corrected chi connectivity index (χ1v) is 8.41. The van der Waals surface area contributed by atoms with Crippen LogP contribution in [0.2, 0.25) is 10.0 Å². The predicted molar refractivity (Wildman–Crippen MR) is 103 cm³/mol. The number of nitriles is 1. The number of aromatic nitrogens is 2. The van der Waals surface area contributed by atoms with Crippen LogP contribution in [0.4, 0.5) is 10.1 Å². The fourth-order valence-corrected chi connectivity index (χ4v) is 2.79. The first kappa shape index (κ1) is 18.6. The Kier molecular flexibility index (Phi) is 5.55. The van der Waals surface area contributed by atoms with E-state index in [4.69, 9.17) is 23.2 Å². The van der Waals surface area contributed by atoms with Crippen LogP contribution < -0.4 is 5.32 Å². The fourth-order valence-electron chi connectivity index (χ4n) is 2.34. The molecule has 0 aliphatic rings. The lowest BCUT2D eigenvalue weighted by atomic mass is 10.1. The Labute approximate surface area is 164 Å². The van der Waals surface area contributed by atoms with E-state index in [1.807, 2.05) is 6.07 Å². The van der Waals surface area contributed by atoms with Crippen LogP contribution in [0.1, 0.15) is 5.56 Å². The number of anilines is 1. The van der Waals surface area contributed by atoms with Gasteiger partial charge in [-0.25, -0.2) is 4.39 Å². The Morgan fingerprint density at radius 1 is 1.22 bits per heavy atom. The van der Waals surface area contributed by atoms with Gasteiger partial charge >= 0.3 is 0 Å². The third kappa shape index (κ3) is 4.34. The maximum atomic E-state index is 13.1. The fraction of sp³-hybridized carbons (Fsp3) is 0. The van der Waals surface area contributed by atoms with Gasteiger partial charge in [-0.15, -0.1) is 0 Å². The van der Waals surface area contributed by atoms with E-state index in [2.05, 4.69) is 15.5 Å². The topological polar surface area (TPSA) is 81.6 Å². The van der Waals surface area contributed by atoms with E-state index < -0.39 is 5.91 Å². The Hall–Kier alpha value is -3.14. The Morgan fingerprint density at radius 3 is 2.63 bits per heavy atom. The summed E-state index contributed by atoms with van der Waals surface area (Å²) in [5.74, 6) is -1.000. The van der Waals surface area contributed by atoms with Gasteiger partial charge < -0.3 is 5.32 Å². The molecule has 1 aromatic heterocycles. The molecule has 3 aromatic rings. The SMILES string of the molecule is N#C/C(=C/c1cn[nH]c1-c1ccc(F)cc1)C(=O)Nc1ccc(Cl)cc1Cl. The van der Waals surface area contributed by atoms with E-state index in [1.54, 1.807) is 24.3 Å². The van der Waals surface area contributed by atoms with Crippen LogP contribution >= 0.6 is 23.2 Å². The molecule has 2 aromatic carbocycles. The highest BCUT2D eigenvalue weighted by Crippen LogP contribution is 2.27. The lowest BCUT2D eigenvalue weighted by Gasteiger charge is -2.07. The minimum absolute atomic E-state index is 0.147. The van der Waals surface area contributed by atoms with Crippen molar-refractivity contribution in [2.75, 3.05) is 5.32 Å². The van der Waals surface area contributed by atoms with Crippen molar-refractivity contribution < 1.29 is 9.18 Å². The van der Waals surface area contributed by atoms with Crippen molar-refractivity contribution in [2.24, 2.45) is 0 Å². The molecule has 2 N–H and O–H groups in total. The number of hydrogen-bond acceptors (Lipinski definition) is 3. The van der Waals surface area contributed by atoms with E-state index in [9.17, 15) is 14.4 Å². The zero-order chi connectivity index (χ0) is 19.4. The number of halogens is 3. The quantitative estimate of drug-likeness (QED) is 0.473. The number of rotatable bonds is 4. The molecule has 0 fully saturated rings.